The van der Waals surface area contributed by atoms with Crippen LogP contribution in [0.1, 0.15) is 54.1 Å². The predicted octanol–water partition coefficient (Wildman–Crippen LogP) is 2.65. The molecule has 0 saturated heterocycles. The number of rotatable bonds is 2. The predicted molar refractivity (Wildman–Crippen MR) is 84.0 cm³/mol. The van der Waals surface area contributed by atoms with Crippen LogP contribution in [0.5, 0.6) is 0 Å². The molecule has 2 rings (SSSR count). The number of aliphatic hydroxyl groups excluding tert-OH is 1. The monoisotopic (exact) mass is 285 g/mol. The number of carbonyl (C=O) groups excluding carboxylic acids is 1. The number of benzene rings is 1. The quantitative estimate of drug-likeness (QED) is 0.821. The Morgan fingerprint density at radius 3 is 2.95 bits per heavy atom. The SMILES string of the molecule is Cc1c(C#CCO)cccc1C(=O)NC1CCCC(C)C1. The van der Waals surface area contributed by atoms with Crippen LogP contribution in [0, 0.1) is 24.7 Å². The van der Waals surface area contributed by atoms with Crippen molar-refractivity contribution in [1.29, 1.82) is 0 Å². The Kier molecular flexibility index (Phi) is 5.41. The fraction of sp³-hybridized carbons (Fsp3) is 0.500. The summed E-state index contributed by atoms with van der Waals surface area (Å²) in [5.74, 6) is 6.19. The average Bonchev–Trinajstić information content (AvgIpc) is 2.46. The van der Waals surface area contributed by atoms with Gasteiger partial charge in [-0.25, -0.2) is 0 Å². The van der Waals surface area contributed by atoms with Crippen molar-refractivity contribution in [3.8, 4) is 11.8 Å². The molecule has 2 atom stereocenters. The number of amides is 1. The molecule has 0 spiro atoms. The Morgan fingerprint density at radius 1 is 1.43 bits per heavy atom. The molecule has 1 aliphatic carbocycles. The zero-order valence-corrected chi connectivity index (χ0v) is 12.8. The number of aliphatic hydroxyl groups is 1. The van der Waals surface area contributed by atoms with E-state index in [1.807, 2.05) is 25.1 Å². The van der Waals surface area contributed by atoms with Crippen molar-refractivity contribution in [3.63, 3.8) is 0 Å². The molecule has 1 aromatic rings. The van der Waals surface area contributed by atoms with Crippen LogP contribution in [0.4, 0.5) is 0 Å². The largest absolute Gasteiger partial charge is 0.384 e. The Bertz CT molecular complexity index is 568. The molecule has 1 aliphatic rings. The molecule has 1 saturated carbocycles. The van der Waals surface area contributed by atoms with E-state index in [4.69, 9.17) is 5.11 Å². The summed E-state index contributed by atoms with van der Waals surface area (Å²) < 4.78 is 0. The summed E-state index contributed by atoms with van der Waals surface area (Å²) in [6.45, 7) is 3.98. The second kappa shape index (κ2) is 7.28. The summed E-state index contributed by atoms with van der Waals surface area (Å²) in [7, 11) is 0. The lowest BCUT2D eigenvalue weighted by Gasteiger charge is -2.27. The summed E-state index contributed by atoms with van der Waals surface area (Å²) in [5.41, 5.74) is 2.35. The maximum absolute atomic E-state index is 12.5. The highest BCUT2D eigenvalue weighted by Gasteiger charge is 2.21. The van der Waals surface area contributed by atoms with E-state index in [9.17, 15) is 4.79 Å². The van der Waals surface area contributed by atoms with Gasteiger partial charge in [-0.15, -0.1) is 0 Å². The Labute approximate surface area is 126 Å². The summed E-state index contributed by atoms with van der Waals surface area (Å²) >= 11 is 0. The third-order valence-corrected chi connectivity index (χ3v) is 4.15. The van der Waals surface area contributed by atoms with Crippen LogP contribution in [0.15, 0.2) is 18.2 Å². The first-order valence-electron chi connectivity index (χ1n) is 7.62. The van der Waals surface area contributed by atoms with Crippen LogP contribution in [0.25, 0.3) is 0 Å². The van der Waals surface area contributed by atoms with E-state index in [1.54, 1.807) is 0 Å². The van der Waals surface area contributed by atoms with Gasteiger partial charge in [-0.1, -0.05) is 37.7 Å². The standard InChI is InChI=1S/C18H23NO2/c1-13-6-3-9-16(12-13)19-18(21)17-10-4-7-15(14(17)2)8-5-11-20/h4,7,10,13,16,20H,3,6,9,11-12H2,1-2H3,(H,19,21). The van der Waals surface area contributed by atoms with Crippen LogP contribution in [0.2, 0.25) is 0 Å². The molecule has 1 aromatic carbocycles. The van der Waals surface area contributed by atoms with Crippen LogP contribution in [-0.2, 0) is 0 Å². The van der Waals surface area contributed by atoms with Gasteiger partial charge in [0.15, 0.2) is 0 Å². The molecule has 0 heterocycles. The Balaban J connectivity index is 2.12. The van der Waals surface area contributed by atoms with E-state index in [1.165, 1.54) is 12.8 Å². The second-order valence-electron chi connectivity index (χ2n) is 5.88. The lowest BCUT2D eigenvalue weighted by atomic mass is 9.87. The van der Waals surface area contributed by atoms with Crippen LogP contribution in [0.3, 0.4) is 0 Å². The van der Waals surface area contributed by atoms with Crippen molar-refractivity contribution < 1.29 is 9.90 Å². The zero-order chi connectivity index (χ0) is 15.2. The number of nitrogens with one attached hydrogen (secondary N) is 1. The van der Waals surface area contributed by atoms with Gasteiger partial charge in [0.25, 0.3) is 5.91 Å². The van der Waals surface area contributed by atoms with Gasteiger partial charge in [-0.05, 0) is 43.4 Å². The molecule has 3 heteroatoms. The first-order valence-corrected chi connectivity index (χ1v) is 7.62. The maximum Gasteiger partial charge on any atom is 0.251 e. The third kappa shape index (κ3) is 4.09. The molecule has 0 aromatic heterocycles. The average molecular weight is 285 g/mol. The molecule has 2 N–H and O–H groups in total. The topological polar surface area (TPSA) is 49.3 Å². The van der Waals surface area contributed by atoms with E-state index in [0.717, 1.165) is 24.0 Å². The lowest BCUT2D eigenvalue weighted by molar-refractivity contribution is 0.0920. The Morgan fingerprint density at radius 2 is 2.24 bits per heavy atom. The van der Waals surface area contributed by atoms with Crippen molar-refractivity contribution in [2.24, 2.45) is 5.92 Å². The number of hydrogen-bond donors (Lipinski definition) is 2. The van der Waals surface area contributed by atoms with Crippen LogP contribution < -0.4 is 5.32 Å². The normalized spacial score (nSPS) is 21.3. The molecule has 0 bridgehead atoms. The van der Waals surface area contributed by atoms with Crippen molar-refractivity contribution in [2.45, 2.75) is 45.6 Å². The highest BCUT2D eigenvalue weighted by molar-refractivity contribution is 5.96. The first kappa shape index (κ1) is 15.6. The maximum atomic E-state index is 12.5. The molecule has 112 valence electrons. The summed E-state index contributed by atoms with van der Waals surface area (Å²) in [5, 5.41) is 11.9. The van der Waals surface area contributed by atoms with Gasteiger partial charge in [0.1, 0.15) is 6.61 Å². The smallest absolute Gasteiger partial charge is 0.251 e. The minimum atomic E-state index is -0.171. The molecule has 1 fully saturated rings. The minimum Gasteiger partial charge on any atom is -0.384 e. The van der Waals surface area contributed by atoms with E-state index in [2.05, 4.69) is 24.1 Å². The number of hydrogen-bond acceptors (Lipinski definition) is 2. The zero-order valence-electron chi connectivity index (χ0n) is 12.8. The molecule has 2 unspecified atom stereocenters. The molecular formula is C18H23NO2. The van der Waals surface area contributed by atoms with Crippen LogP contribution >= 0.6 is 0 Å². The molecule has 0 radical (unpaired) electrons. The van der Waals surface area contributed by atoms with Gasteiger partial charge in [0, 0.05) is 17.2 Å². The number of carbonyl (C=O) groups is 1. The lowest BCUT2D eigenvalue weighted by Crippen LogP contribution is -2.38. The van der Waals surface area contributed by atoms with Gasteiger partial charge in [0.2, 0.25) is 0 Å². The minimum absolute atomic E-state index is 0.0146. The first-order chi connectivity index (χ1) is 10.1. The fourth-order valence-electron chi connectivity index (χ4n) is 2.98. The van der Waals surface area contributed by atoms with E-state index in [-0.39, 0.29) is 18.6 Å². The molecule has 21 heavy (non-hydrogen) atoms. The highest BCUT2D eigenvalue weighted by Crippen LogP contribution is 2.24. The van der Waals surface area contributed by atoms with E-state index in [0.29, 0.717) is 11.5 Å². The van der Waals surface area contributed by atoms with Crippen molar-refractivity contribution >= 4 is 5.91 Å². The van der Waals surface area contributed by atoms with E-state index >= 15 is 0 Å². The van der Waals surface area contributed by atoms with Crippen molar-refractivity contribution in [1.82, 2.24) is 5.32 Å². The van der Waals surface area contributed by atoms with E-state index < -0.39 is 0 Å². The fourth-order valence-corrected chi connectivity index (χ4v) is 2.98. The van der Waals surface area contributed by atoms with Gasteiger partial charge < -0.3 is 10.4 Å². The Hall–Kier alpha value is -1.79. The van der Waals surface area contributed by atoms with Gasteiger partial charge in [-0.2, -0.15) is 0 Å². The van der Waals surface area contributed by atoms with Gasteiger partial charge in [-0.3, -0.25) is 4.79 Å². The molecule has 3 nitrogen and oxygen atoms in total. The summed E-state index contributed by atoms with van der Waals surface area (Å²) in [6.07, 6.45) is 4.58. The third-order valence-electron chi connectivity index (χ3n) is 4.15. The summed E-state index contributed by atoms with van der Waals surface area (Å²) in [4.78, 5) is 12.5. The van der Waals surface area contributed by atoms with Gasteiger partial charge in [0.05, 0.1) is 0 Å². The molecule has 1 amide bonds. The van der Waals surface area contributed by atoms with Gasteiger partial charge >= 0.3 is 0 Å². The summed E-state index contributed by atoms with van der Waals surface area (Å²) in [6, 6.07) is 5.83. The van der Waals surface area contributed by atoms with Crippen molar-refractivity contribution in [3.05, 3.63) is 34.9 Å². The molecular weight excluding hydrogens is 262 g/mol. The van der Waals surface area contributed by atoms with Crippen LogP contribution in [-0.4, -0.2) is 23.7 Å². The molecule has 0 aliphatic heterocycles. The second-order valence-corrected chi connectivity index (χ2v) is 5.88. The van der Waals surface area contributed by atoms with Crippen molar-refractivity contribution in [2.75, 3.05) is 6.61 Å². The highest BCUT2D eigenvalue weighted by atomic mass is 16.2.